The monoisotopic (exact) mass is 305 g/mol. The van der Waals surface area contributed by atoms with E-state index in [1.165, 1.54) is 30.0 Å². The average Bonchev–Trinajstić information content (AvgIpc) is 2.38. The Labute approximate surface area is 124 Å². The van der Waals surface area contributed by atoms with Crippen LogP contribution < -0.4 is 10.0 Å². The average molecular weight is 305 g/mol. The molecule has 2 unspecified atom stereocenters. The fourth-order valence-corrected chi connectivity index (χ4v) is 3.89. The zero-order valence-electron chi connectivity index (χ0n) is 13.2. The van der Waals surface area contributed by atoms with Gasteiger partial charge in [-0.1, -0.05) is 26.2 Å². The van der Waals surface area contributed by atoms with Crippen LogP contribution in [0.2, 0.25) is 0 Å². The summed E-state index contributed by atoms with van der Waals surface area (Å²) in [6.45, 7) is 4.25. The van der Waals surface area contributed by atoms with E-state index in [4.69, 9.17) is 0 Å². The molecule has 6 heteroatoms. The van der Waals surface area contributed by atoms with Gasteiger partial charge in [0.25, 0.3) is 10.2 Å². The largest absolute Gasteiger partial charge is 0.320 e. The van der Waals surface area contributed by atoms with E-state index in [1.54, 1.807) is 7.05 Å². The summed E-state index contributed by atoms with van der Waals surface area (Å²) in [6, 6.07) is 0. The van der Waals surface area contributed by atoms with Crippen LogP contribution >= 0.6 is 0 Å². The first kappa shape index (κ1) is 17.9. The molecule has 1 saturated carbocycles. The van der Waals surface area contributed by atoms with Crippen LogP contribution in [-0.4, -0.2) is 46.5 Å². The molecule has 0 bridgehead atoms. The van der Waals surface area contributed by atoms with Gasteiger partial charge in [-0.15, -0.1) is 0 Å². The number of hydrogen-bond acceptors (Lipinski definition) is 3. The van der Waals surface area contributed by atoms with Crippen LogP contribution in [0, 0.1) is 11.8 Å². The first-order chi connectivity index (χ1) is 9.45. The van der Waals surface area contributed by atoms with Crippen molar-refractivity contribution in [1.29, 1.82) is 0 Å². The van der Waals surface area contributed by atoms with Gasteiger partial charge in [-0.2, -0.15) is 12.7 Å². The Balaban J connectivity index is 2.24. The Bertz CT molecular complexity index is 359. The predicted molar refractivity (Wildman–Crippen MR) is 83.8 cm³/mol. The molecule has 5 nitrogen and oxygen atoms in total. The van der Waals surface area contributed by atoms with E-state index in [0.717, 1.165) is 25.3 Å². The first-order valence-corrected chi connectivity index (χ1v) is 9.25. The van der Waals surface area contributed by atoms with Crippen molar-refractivity contribution < 1.29 is 8.42 Å². The summed E-state index contributed by atoms with van der Waals surface area (Å²) >= 11 is 0. The molecule has 0 radical (unpaired) electrons. The fourth-order valence-electron chi connectivity index (χ4n) is 2.92. The fraction of sp³-hybridized carbons (Fsp3) is 1.00. The molecular formula is C14H31N3O2S. The highest BCUT2D eigenvalue weighted by Crippen LogP contribution is 2.30. The smallest absolute Gasteiger partial charge is 0.279 e. The molecule has 2 N–H and O–H groups in total. The second-order valence-electron chi connectivity index (χ2n) is 6.10. The van der Waals surface area contributed by atoms with E-state index in [1.807, 2.05) is 7.05 Å². The van der Waals surface area contributed by atoms with Crippen molar-refractivity contribution in [3.8, 4) is 0 Å². The van der Waals surface area contributed by atoms with Crippen molar-refractivity contribution in [2.45, 2.75) is 45.4 Å². The zero-order chi connectivity index (χ0) is 15.0. The van der Waals surface area contributed by atoms with Crippen LogP contribution in [-0.2, 0) is 10.2 Å². The molecule has 0 aromatic heterocycles. The maximum absolute atomic E-state index is 12.0. The molecule has 0 aromatic rings. The van der Waals surface area contributed by atoms with E-state index in [9.17, 15) is 8.42 Å². The SMILES string of the molecule is CNCCCN(C)S(=O)(=O)NCCC1CCCC(C)C1. The quantitative estimate of drug-likeness (QED) is 0.636. The molecule has 20 heavy (non-hydrogen) atoms. The van der Waals surface area contributed by atoms with Crippen LogP contribution in [0.15, 0.2) is 0 Å². The van der Waals surface area contributed by atoms with E-state index in [2.05, 4.69) is 17.0 Å². The summed E-state index contributed by atoms with van der Waals surface area (Å²) in [5, 5.41) is 3.02. The highest BCUT2D eigenvalue weighted by Gasteiger charge is 2.20. The molecule has 2 atom stereocenters. The number of hydrogen-bond donors (Lipinski definition) is 2. The van der Waals surface area contributed by atoms with Gasteiger partial charge in [0.15, 0.2) is 0 Å². The third-order valence-corrected chi connectivity index (χ3v) is 5.76. The van der Waals surface area contributed by atoms with Crippen molar-refractivity contribution in [2.75, 3.05) is 33.7 Å². The third-order valence-electron chi connectivity index (χ3n) is 4.19. The molecule has 0 heterocycles. The molecule has 0 amide bonds. The van der Waals surface area contributed by atoms with Crippen molar-refractivity contribution >= 4 is 10.2 Å². The highest BCUT2D eigenvalue weighted by atomic mass is 32.2. The maximum atomic E-state index is 12.0. The van der Waals surface area contributed by atoms with Crippen LogP contribution in [0.3, 0.4) is 0 Å². The molecule has 0 aromatic carbocycles. The van der Waals surface area contributed by atoms with Crippen LogP contribution in [0.25, 0.3) is 0 Å². The van der Waals surface area contributed by atoms with Crippen molar-refractivity contribution in [3.63, 3.8) is 0 Å². The molecule has 1 rings (SSSR count). The lowest BCUT2D eigenvalue weighted by atomic mass is 9.81. The van der Waals surface area contributed by atoms with Crippen molar-refractivity contribution in [3.05, 3.63) is 0 Å². The van der Waals surface area contributed by atoms with Gasteiger partial charge in [0.2, 0.25) is 0 Å². The molecular weight excluding hydrogens is 274 g/mol. The third kappa shape index (κ3) is 6.52. The van der Waals surface area contributed by atoms with Gasteiger partial charge < -0.3 is 5.32 Å². The molecule has 1 aliphatic carbocycles. The van der Waals surface area contributed by atoms with Crippen molar-refractivity contribution in [2.24, 2.45) is 11.8 Å². The normalized spacial score (nSPS) is 24.2. The maximum Gasteiger partial charge on any atom is 0.279 e. The van der Waals surface area contributed by atoms with Crippen LogP contribution in [0.5, 0.6) is 0 Å². The molecule has 120 valence electrons. The summed E-state index contributed by atoms with van der Waals surface area (Å²) < 4.78 is 28.2. The van der Waals surface area contributed by atoms with E-state index >= 15 is 0 Å². The molecule has 0 spiro atoms. The molecule has 1 fully saturated rings. The van der Waals surface area contributed by atoms with E-state index in [-0.39, 0.29) is 0 Å². The van der Waals surface area contributed by atoms with Crippen molar-refractivity contribution in [1.82, 2.24) is 14.3 Å². The van der Waals surface area contributed by atoms with Gasteiger partial charge in [-0.05, 0) is 44.7 Å². The Kier molecular flexibility index (Phi) is 8.02. The molecule has 1 aliphatic rings. The summed E-state index contributed by atoms with van der Waals surface area (Å²) in [5.41, 5.74) is 0. The topological polar surface area (TPSA) is 61.4 Å². The summed E-state index contributed by atoms with van der Waals surface area (Å²) in [7, 11) is 0.213. The Morgan fingerprint density at radius 2 is 2.00 bits per heavy atom. The summed E-state index contributed by atoms with van der Waals surface area (Å²) in [4.78, 5) is 0. The number of rotatable bonds is 9. The lowest BCUT2D eigenvalue weighted by Gasteiger charge is -2.27. The zero-order valence-corrected chi connectivity index (χ0v) is 14.0. The predicted octanol–water partition coefficient (Wildman–Crippen LogP) is 1.58. The lowest BCUT2D eigenvalue weighted by molar-refractivity contribution is 0.270. The van der Waals surface area contributed by atoms with Gasteiger partial charge in [0.1, 0.15) is 0 Å². The standard InChI is InChI=1S/C14H31N3O2S/c1-13-6-4-7-14(12-13)8-10-16-20(18,19)17(3)11-5-9-15-2/h13-16H,4-12H2,1-3H3. The minimum atomic E-state index is -3.30. The van der Waals surface area contributed by atoms with E-state index in [0.29, 0.717) is 19.0 Å². The Morgan fingerprint density at radius 3 is 2.65 bits per heavy atom. The first-order valence-electron chi connectivity index (χ1n) is 7.81. The second kappa shape index (κ2) is 8.97. The van der Waals surface area contributed by atoms with Gasteiger partial charge in [-0.3, -0.25) is 0 Å². The van der Waals surface area contributed by atoms with Gasteiger partial charge in [-0.25, -0.2) is 4.72 Å². The molecule has 0 saturated heterocycles. The minimum absolute atomic E-state index is 0.552. The minimum Gasteiger partial charge on any atom is -0.320 e. The number of nitrogens with one attached hydrogen (secondary N) is 2. The van der Waals surface area contributed by atoms with Crippen LogP contribution in [0.4, 0.5) is 0 Å². The second-order valence-corrected chi connectivity index (χ2v) is 7.97. The Hall–Kier alpha value is -0.170. The number of nitrogens with zero attached hydrogens (tertiary/aromatic N) is 1. The summed E-state index contributed by atoms with van der Waals surface area (Å²) in [5.74, 6) is 1.49. The van der Waals surface area contributed by atoms with Gasteiger partial charge in [0, 0.05) is 20.1 Å². The van der Waals surface area contributed by atoms with Crippen LogP contribution in [0.1, 0.15) is 45.4 Å². The highest BCUT2D eigenvalue weighted by molar-refractivity contribution is 7.87. The summed E-state index contributed by atoms with van der Waals surface area (Å²) in [6.07, 6.45) is 6.92. The lowest BCUT2D eigenvalue weighted by Crippen LogP contribution is -2.40. The van der Waals surface area contributed by atoms with E-state index < -0.39 is 10.2 Å². The molecule has 0 aliphatic heterocycles. The Morgan fingerprint density at radius 1 is 1.25 bits per heavy atom. The van der Waals surface area contributed by atoms with Gasteiger partial charge in [0.05, 0.1) is 0 Å². The van der Waals surface area contributed by atoms with Gasteiger partial charge >= 0.3 is 0 Å².